The Labute approximate surface area is 197 Å². The molecule has 3 aromatic heterocycles. The zero-order valence-electron chi connectivity index (χ0n) is 18.3. The summed E-state index contributed by atoms with van der Waals surface area (Å²) in [4.78, 5) is 27.6. The number of aliphatic hydroxyl groups is 2. The zero-order chi connectivity index (χ0) is 24.3. The molecule has 174 valence electrons. The van der Waals surface area contributed by atoms with Gasteiger partial charge in [0.25, 0.3) is 0 Å². The van der Waals surface area contributed by atoms with Crippen molar-refractivity contribution in [3.8, 4) is 0 Å². The lowest BCUT2D eigenvalue weighted by atomic mass is 9.85. The number of para-hydroxylation sites is 2. The number of rotatable bonds is 5. The second-order valence-electron chi connectivity index (χ2n) is 8.51. The van der Waals surface area contributed by atoms with Gasteiger partial charge in [-0.15, -0.1) is 5.10 Å². The van der Waals surface area contributed by atoms with Crippen LogP contribution in [0.4, 0.5) is 0 Å². The van der Waals surface area contributed by atoms with E-state index < -0.39 is 12.7 Å². The normalized spacial score (nSPS) is 13.9. The third kappa shape index (κ3) is 3.15. The minimum Gasteiger partial charge on any atom is -0.618 e. The number of hydrogen-bond acceptors (Lipinski definition) is 7. The second kappa shape index (κ2) is 7.83. The highest BCUT2D eigenvalue weighted by atomic mass is 16.5. The average molecular weight is 469 g/mol. The first kappa shape index (κ1) is 21.1. The number of fused-ring (bicyclic) bond motifs is 6. The second-order valence-corrected chi connectivity index (χ2v) is 8.51. The van der Waals surface area contributed by atoms with Crippen molar-refractivity contribution in [2.24, 2.45) is 0 Å². The summed E-state index contributed by atoms with van der Waals surface area (Å²) in [6.45, 7) is -0.177. The maximum Gasteiger partial charge on any atom is 0.224 e. The number of aromatic nitrogens is 5. The highest BCUT2D eigenvalue weighted by Crippen LogP contribution is 2.37. The molecule has 0 bridgehead atoms. The minimum atomic E-state index is -0.975. The van der Waals surface area contributed by atoms with Gasteiger partial charge in [-0.25, -0.2) is 4.68 Å². The first-order chi connectivity index (χ1) is 17.0. The predicted molar refractivity (Wildman–Crippen MR) is 124 cm³/mol. The van der Waals surface area contributed by atoms with Crippen molar-refractivity contribution in [1.82, 2.24) is 19.6 Å². The van der Waals surface area contributed by atoms with E-state index in [2.05, 4.69) is 10.3 Å². The van der Waals surface area contributed by atoms with Gasteiger partial charge in [0.15, 0.2) is 6.20 Å². The zero-order valence-corrected chi connectivity index (χ0v) is 18.3. The van der Waals surface area contributed by atoms with E-state index in [-0.39, 0.29) is 47.0 Å². The van der Waals surface area contributed by atoms with E-state index in [1.807, 2.05) is 12.1 Å². The molecule has 0 fully saturated rings. The summed E-state index contributed by atoms with van der Waals surface area (Å²) in [6, 6.07) is 13.9. The Bertz CT molecular complexity index is 1670. The lowest BCUT2D eigenvalue weighted by Crippen LogP contribution is -2.33. The van der Waals surface area contributed by atoms with E-state index in [0.29, 0.717) is 32.2 Å². The number of benzene rings is 2. The van der Waals surface area contributed by atoms with Gasteiger partial charge >= 0.3 is 0 Å². The van der Waals surface area contributed by atoms with Crippen molar-refractivity contribution in [1.29, 1.82) is 0 Å². The van der Waals surface area contributed by atoms with Crippen LogP contribution in [0.1, 0.15) is 37.7 Å². The molecular weight excluding hydrogens is 450 g/mol. The molecule has 2 aromatic carbocycles. The van der Waals surface area contributed by atoms with Crippen LogP contribution in [0.2, 0.25) is 0 Å². The van der Waals surface area contributed by atoms with E-state index in [1.165, 1.54) is 10.9 Å². The van der Waals surface area contributed by atoms with Crippen LogP contribution in [0.3, 0.4) is 0 Å². The summed E-state index contributed by atoms with van der Waals surface area (Å²) in [5, 5.41) is 40.6. The quantitative estimate of drug-likeness (QED) is 0.286. The first-order valence-corrected chi connectivity index (χ1v) is 11.0. The van der Waals surface area contributed by atoms with Crippen molar-refractivity contribution in [2.45, 2.75) is 19.2 Å². The van der Waals surface area contributed by atoms with Gasteiger partial charge in [0.1, 0.15) is 11.4 Å². The highest BCUT2D eigenvalue weighted by Gasteiger charge is 2.39. The molecule has 5 aromatic rings. The minimum absolute atomic E-state index is 0.0695. The molecule has 0 aliphatic heterocycles. The Morgan fingerprint density at radius 1 is 1.00 bits per heavy atom. The number of nitrogens with zero attached hydrogens (tertiary/aromatic N) is 5. The van der Waals surface area contributed by atoms with Crippen molar-refractivity contribution in [3.05, 3.63) is 94.2 Å². The smallest absolute Gasteiger partial charge is 0.224 e. The molecule has 2 N–H and O–H groups in total. The molecule has 0 saturated heterocycles. The summed E-state index contributed by atoms with van der Waals surface area (Å²) in [5.41, 5.74) is 2.30. The fourth-order valence-electron chi connectivity index (χ4n) is 4.81. The Hall–Kier alpha value is -4.41. The van der Waals surface area contributed by atoms with Gasteiger partial charge in [0.05, 0.1) is 54.1 Å². The molecular formula is C25H19N5O5. The number of aliphatic hydroxyl groups excluding tert-OH is 2. The van der Waals surface area contributed by atoms with Gasteiger partial charge in [0.2, 0.25) is 17.1 Å². The maximum atomic E-state index is 14.0. The third-order valence-electron chi connectivity index (χ3n) is 6.33. The molecule has 0 radical (unpaired) electrons. The Morgan fingerprint density at radius 2 is 1.74 bits per heavy atom. The topological polar surface area (TPSA) is 137 Å². The van der Waals surface area contributed by atoms with E-state index in [0.717, 1.165) is 0 Å². The van der Waals surface area contributed by atoms with Crippen LogP contribution in [0.15, 0.2) is 60.9 Å². The van der Waals surface area contributed by atoms with Gasteiger partial charge < -0.3 is 20.0 Å². The van der Waals surface area contributed by atoms with Crippen LogP contribution >= 0.6 is 0 Å². The molecule has 0 spiro atoms. The van der Waals surface area contributed by atoms with Crippen LogP contribution in [0, 0.1) is 5.21 Å². The van der Waals surface area contributed by atoms with Crippen LogP contribution in [0.5, 0.6) is 0 Å². The lowest BCUT2D eigenvalue weighted by molar-refractivity contribution is -0.577. The van der Waals surface area contributed by atoms with Crippen molar-refractivity contribution >= 4 is 33.4 Å². The van der Waals surface area contributed by atoms with Gasteiger partial charge in [0, 0.05) is 17.0 Å². The number of carbonyl (C=O) groups is 2. The monoisotopic (exact) mass is 469 g/mol. The molecule has 6 rings (SSSR count). The largest absolute Gasteiger partial charge is 0.618 e. The standard InChI is InChI=1S/C25H19N5O5/c31-13-15(32)11-28-9-14(26-27-28)10-29-19-7-3-1-5-16(19)22-23(29)25(34)21-17-6-2-4-8-20(17)30(35)12-18(21)24(22)33/h1-9,12,15,31-32H,10-11,13H2/t15-/m0/s1. The number of pyridine rings is 1. The Kier molecular flexibility index (Phi) is 4.73. The van der Waals surface area contributed by atoms with Gasteiger partial charge in [-0.3, -0.25) is 9.59 Å². The van der Waals surface area contributed by atoms with Crippen LogP contribution in [-0.2, 0) is 13.1 Å². The fourth-order valence-corrected chi connectivity index (χ4v) is 4.81. The van der Waals surface area contributed by atoms with Crippen LogP contribution in [-0.4, -0.2) is 54.1 Å². The summed E-state index contributed by atoms with van der Waals surface area (Å²) >= 11 is 0. The molecule has 1 atom stereocenters. The Balaban J connectivity index is 1.55. The summed E-state index contributed by atoms with van der Waals surface area (Å²) in [6.07, 6.45) is 1.83. The summed E-state index contributed by atoms with van der Waals surface area (Å²) < 4.78 is 3.79. The van der Waals surface area contributed by atoms with E-state index in [9.17, 15) is 19.9 Å². The summed E-state index contributed by atoms with van der Waals surface area (Å²) in [5.74, 6) is -0.722. The first-order valence-electron chi connectivity index (χ1n) is 11.0. The van der Waals surface area contributed by atoms with Gasteiger partial charge in [-0.1, -0.05) is 35.5 Å². The Morgan fingerprint density at radius 3 is 2.54 bits per heavy atom. The van der Waals surface area contributed by atoms with Crippen LogP contribution < -0.4 is 4.73 Å². The van der Waals surface area contributed by atoms with E-state index in [4.69, 9.17) is 5.11 Å². The number of ketones is 2. The van der Waals surface area contributed by atoms with Gasteiger partial charge in [-0.05, 0) is 12.1 Å². The van der Waals surface area contributed by atoms with Gasteiger partial charge in [-0.2, -0.15) is 4.73 Å². The predicted octanol–water partition coefficient (Wildman–Crippen LogP) is 1.20. The lowest BCUT2D eigenvalue weighted by Gasteiger charge is -2.18. The molecule has 0 saturated carbocycles. The number of hydrogen-bond donors (Lipinski definition) is 2. The average Bonchev–Trinajstić information content (AvgIpc) is 3.45. The van der Waals surface area contributed by atoms with Crippen molar-refractivity contribution in [3.63, 3.8) is 0 Å². The SMILES string of the molecule is O=C1c2c[n+]([O-])c3ccccc3c2C(=O)c2c1c1ccccc1n2Cc1cn(C[C@H](O)CO)nn1. The maximum absolute atomic E-state index is 14.0. The molecule has 0 unspecified atom stereocenters. The molecule has 35 heavy (non-hydrogen) atoms. The molecule has 10 heteroatoms. The fraction of sp³-hybridized carbons (Fsp3) is 0.160. The molecule has 0 amide bonds. The molecule has 10 nitrogen and oxygen atoms in total. The molecule has 1 aliphatic carbocycles. The van der Waals surface area contributed by atoms with E-state index in [1.54, 1.807) is 47.2 Å². The van der Waals surface area contributed by atoms with Crippen LogP contribution in [0.25, 0.3) is 21.8 Å². The van der Waals surface area contributed by atoms with Crippen molar-refractivity contribution in [2.75, 3.05) is 6.61 Å². The molecule has 1 aliphatic rings. The summed E-state index contributed by atoms with van der Waals surface area (Å²) in [7, 11) is 0. The van der Waals surface area contributed by atoms with E-state index >= 15 is 0 Å². The molecule has 3 heterocycles. The third-order valence-corrected chi connectivity index (χ3v) is 6.33. The number of carbonyl (C=O) groups excluding carboxylic acids is 2. The van der Waals surface area contributed by atoms with Crippen molar-refractivity contribution < 1.29 is 24.5 Å². The highest BCUT2D eigenvalue weighted by molar-refractivity contribution is 6.34.